The predicted octanol–water partition coefficient (Wildman–Crippen LogP) is 6.10. The fourth-order valence-corrected chi connectivity index (χ4v) is 7.34. The highest BCUT2D eigenvalue weighted by Gasteiger charge is 2.55. The fraction of sp³-hybridized carbons (Fsp3) is 0.581. The Morgan fingerprint density at radius 2 is 1.56 bits per heavy atom. The van der Waals surface area contributed by atoms with Crippen molar-refractivity contribution in [2.75, 3.05) is 50.1 Å². The van der Waals surface area contributed by atoms with Crippen LogP contribution in [-0.4, -0.2) is 61.6 Å². The second-order valence-electron chi connectivity index (χ2n) is 12.0. The van der Waals surface area contributed by atoms with Gasteiger partial charge in [-0.15, -0.1) is 0 Å². The summed E-state index contributed by atoms with van der Waals surface area (Å²) in [5.41, 5.74) is 3.73. The molecule has 2 saturated carbocycles. The summed E-state index contributed by atoms with van der Waals surface area (Å²) in [5, 5.41) is 0. The molecule has 2 aliphatic heterocycles. The number of amides is 2. The normalized spacial score (nSPS) is 29.0. The molecule has 2 aromatic rings. The molecule has 2 amide bonds. The summed E-state index contributed by atoms with van der Waals surface area (Å²) < 4.78 is 0. The summed E-state index contributed by atoms with van der Waals surface area (Å²) in [6.07, 6.45) is 10.7. The van der Waals surface area contributed by atoms with E-state index in [0.29, 0.717) is 5.92 Å². The number of carbonyl (C=O) groups excluding carboxylic acids is 1. The number of nitrogens with zero attached hydrogens (tertiary/aromatic N) is 4. The zero-order chi connectivity index (χ0) is 24.8. The molecule has 0 radical (unpaired) electrons. The Hall–Kier alpha value is -2.53. The smallest absolute Gasteiger partial charge is 0.325 e. The molecule has 4 fully saturated rings. The van der Waals surface area contributed by atoms with E-state index in [2.05, 4.69) is 88.3 Å². The molecule has 0 N–H and O–H groups in total. The molecule has 5 heteroatoms. The molecule has 2 saturated heterocycles. The Morgan fingerprint density at radius 1 is 0.861 bits per heavy atom. The summed E-state index contributed by atoms with van der Waals surface area (Å²) in [4.78, 5) is 23.4. The fourth-order valence-electron chi connectivity index (χ4n) is 7.34. The lowest BCUT2D eigenvalue weighted by Gasteiger charge is -2.51. The number of anilines is 2. The van der Waals surface area contributed by atoms with Crippen LogP contribution in [0.5, 0.6) is 0 Å². The Bertz CT molecular complexity index is 1060. The van der Waals surface area contributed by atoms with E-state index < -0.39 is 0 Å². The van der Waals surface area contributed by atoms with Gasteiger partial charge in [0.2, 0.25) is 0 Å². The van der Waals surface area contributed by atoms with Crippen LogP contribution in [0.1, 0.15) is 63.4 Å². The molecule has 0 unspecified atom stereocenters. The Balaban J connectivity index is 1.29. The van der Waals surface area contributed by atoms with Crippen LogP contribution >= 0.6 is 0 Å². The molecule has 6 rings (SSSR count). The van der Waals surface area contributed by atoms with Gasteiger partial charge in [0.15, 0.2) is 0 Å². The highest BCUT2D eigenvalue weighted by atomic mass is 16.2. The third-order valence-electron chi connectivity index (χ3n) is 9.94. The van der Waals surface area contributed by atoms with Gasteiger partial charge in [-0.2, -0.15) is 0 Å². The van der Waals surface area contributed by atoms with Gasteiger partial charge in [0.25, 0.3) is 0 Å². The van der Waals surface area contributed by atoms with Crippen molar-refractivity contribution in [2.24, 2.45) is 5.92 Å². The van der Waals surface area contributed by atoms with Gasteiger partial charge < -0.3 is 9.80 Å². The van der Waals surface area contributed by atoms with Crippen LogP contribution in [0.4, 0.5) is 16.2 Å². The van der Waals surface area contributed by atoms with Crippen LogP contribution in [-0.2, 0) is 5.54 Å². The maximum Gasteiger partial charge on any atom is 0.325 e. The van der Waals surface area contributed by atoms with E-state index in [4.69, 9.17) is 0 Å². The van der Waals surface area contributed by atoms with Crippen LogP contribution in [0.3, 0.4) is 0 Å². The van der Waals surface area contributed by atoms with Crippen LogP contribution in [0.15, 0.2) is 54.6 Å². The van der Waals surface area contributed by atoms with E-state index in [0.717, 1.165) is 57.5 Å². The molecule has 2 heterocycles. The molecule has 0 atom stereocenters. The van der Waals surface area contributed by atoms with Crippen LogP contribution in [0.2, 0.25) is 0 Å². The summed E-state index contributed by atoms with van der Waals surface area (Å²) in [6.45, 7) is 4.00. The first-order valence-corrected chi connectivity index (χ1v) is 14.2. The third kappa shape index (κ3) is 4.00. The van der Waals surface area contributed by atoms with Crippen LogP contribution < -0.4 is 9.80 Å². The van der Waals surface area contributed by atoms with Crippen molar-refractivity contribution in [1.82, 2.24) is 9.80 Å². The van der Waals surface area contributed by atoms with Gasteiger partial charge in [0, 0.05) is 36.5 Å². The lowest BCUT2D eigenvalue weighted by molar-refractivity contribution is 0.0172. The van der Waals surface area contributed by atoms with Gasteiger partial charge in [0.1, 0.15) is 0 Å². The number of benzene rings is 2. The lowest BCUT2D eigenvalue weighted by atomic mass is 9.68. The molecule has 2 aliphatic carbocycles. The molecular formula is C31H42N4O. The number of rotatable bonds is 6. The molecule has 1 spiro atoms. The molecule has 0 aromatic heterocycles. The van der Waals surface area contributed by atoms with Crippen molar-refractivity contribution in [2.45, 2.75) is 68.9 Å². The first-order chi connectivity index (χ1) is 17.5. The van der Waals surface area contributed by atoms with Gasteiger partial charge in [-0.3, -0.25) is 9.80 Å². The van der Waals surface area contributed by atoms with Gasteiger partial charge in [0.05, 0.1) is 12.1 Å². The minimum Gasteiger partial charge on any atom is -0.371 e. The first kappa shape index (κ1) is 23.8. The second kappa shape index (κ2) is 9.41. The maximum absolute atomic E-state index is 14.1. The second-order valence-corrected chi connectivity index (χ2v) is 12.0. The van der Waals surface area contributed by atoms with E-state index in [1.165, 1.54) is 43.4 Å². The number of carbonyl (C=O) groups is 1. The molecule has 5 nitrogen and oxygen atoms in total. The SMILES string of the molecule is CN(C)C1(c2ccccc2)CCC2(CC1)CN(c1cccc(N3CCCC3)c1)C(=O)N2CC1CCC1. The van der Waals surface area contributed by atoms with Crippen molar-refractivity contribution in [1.29, 1.82) is 0 Å². The molecule has 192 valence electrons. The Morgan fingerprint density at radius 3 is 2.19 bits per heavy atom. The summed E-state index contributed by atoms with van der Waals surface area (Å²) in [5.74, 6) is 0.677. The highest BCUT2D eigenvalue weighted by molar-refractivity contribution is 5.96. The van der Waals surface area contributed by atoms with Gasteiger partial charge in [-0.25, -0.2) is 4.79 Å². The predicted molar refractivity (Wildman–Crippen MR) is 148 cm³/mol. The summed E-state index contributed by atoms with van der Waals surface area (Å²) in [6, 6.07) is 20.0. The number of urea groups is 1. The quantitative estimate of drug-likeness (QED) is 0.494. The standard InChI is InChI=1S/C31H42N4O/c1-32(2)31(26-12-4-3-5-13-26)18-16-30(17-19-31)24-34(29(36)35(30)23-25-10-8-11-25)28-15-9-14-27(22-28)33-20-6-7-21-33/h3-5,9,12-15,22,25H,6-8,10-11,16-21,23-24H2,1-2H3. The molecule has 0 bridgehead atoms. The Labute approximate surface area is 217 Å². The van der Waals surface area contributed by atoms with E-state index in [1.54, 1.807) is 0 Å². The Kier molecular flexibility index (Phi) is 6.23. The van der Waals surface area contributed by atoms with Crippen LogP contribution in [0.25, 0.3) is 0 Å². The minimum absolute atomic E-state index is 0.0424. The van der Waals surface area contributed by atoms with Crippen molar-refractivity contribution >= 4 is 17.4 Å². The van der Waals surface area contributed by atoms with E-state index in [1.807, 2.05) is 0 Å². The topological polar surface area (TPSA) is 30.0 Å². The molecule has 2 aromatic carbocycles. The number of hydrogen-bond acceptors (Lipinski definition) is 3. The van der Waals surface area contributed by atoms with Gasteiger partial charge >= 0.3 is 6.03 Å². The van der Waals surface area contributed by atoms with Gasteiger partial charge in [-0.05, 0) is 95.1 Å². The largest absolute Gasteiger partial charge is 0.371 e. The minimum atomic E-state index is -0.0649. The monoisotopic (exact) mass is 486 g/mol. The zero-order valence-electron chi connectivity index (χ0n) is 22.2. The highest BCUT2D eigenvalue weighted by Crippen LogP contribution is 2.50. The van der Waals surface area contributed by atoms with Gasteiger partial charge in [-0.1, -0.05) is 42.8 Å². The molecular weight excluding hydrogens is 444 g/mol. The first-order valence-electron chi connectivity index (χ1n) is 14.2. The zero-order valence-corrected chi connectivity index (χ0v) is 22.2. The summed E-state index contributed by atoms with van der Waals surface area (Å²) >= 11 is 0. The third-order valence-corrected chi connectivity index (χ3v) is 9.94. The van der Waals surface area contributed by atoms with Crippen molar-refractivity contribution in [3.8, 4) is 0 Å². The van der Waals surface area contributed by atoms with E-state index >= 15 is 0 Å². The molecule has 36 heavy (non-hydrogen) atoms. The lowest BCUT2D eigenvalue weighted by Crippen LogP contribution is -2.56. The summed E-state index contributed by atoms with van der Waals surface area (Å²) in [7, 11) is 4.46. The van der Waals surface area contributed by atoms with Crippen molar-refractivity contribution in [3.05, 3.63) is 60.2 Å². The number of hydrogen-bond donors (Lipinski definition) is 0. The van der Waals surface area contributed by atoms with E-state index in [-0.39, 0.29) is 17.1 Å². The van der Waals surface area contributed by atoms with Crippen molar-refractivity contribution < 1.29 is 4.79 Å². The van der Waals surface area contributed by atoms with E-state index in [9.17, 15) is 4.79 Å². The average molecular weight is 487 g/mol. The van der Waals surface area contributed by atoms with Crippen molar-refractivity contribution in [3.63, 3.8) is 0 Å². The maximum atomic E-state index is 14.1. The van der Waals surface area contributed by atoms with Crippen LogP contribution in [0, 0.1) is 5.92 Å². The molecule has 4 aliphatic rings. The average Bonchev–Trinajstić information content (AvgIpc) is 3.50.